The molecule has 4 heteroatoms. The highest BCUT2D eigenvalue weighted by Gasteiger charge is 2.02. The number of hydrogen-bond acceptors (Lipinski definition) is 3. The molecule has 82 valence electrons. The number of aromatic nitrogens is 1. The molecule has 0 aliphatic heterocycles. The maximum absolute atomic E-state index is 12.8. The van der Waals surface area contributed by atoms with Gasteiger partial charge in [0, 0.05) is 22.0 Å². The van der Waals surface area contributed by atoms with Crippen molar-refractivity contribution in [2.24, 2.45) is 0 Å². The molecule has 1 N–H and O–H groups in total. The lowest BCUT2D eigenvalue weighted by atomic mass is 10.2. The molecule has 0 bridgehead atoms. The summed E-state index contributed by atoms with van der Waals surface area (Å²) in [5.41, 5.74) is 1.82. The first-order valence-corrected chi connectivity index (χ1v) is 5.64. The van der Waals surface area contributed by atoms with E-state index in [1.165, 1.54) is 17.4 Å². The van der Waals surface area contributed by atoms with Crippen LogP contribution in [0.4, 0.5) is 4.39 Å². The van der Waals surface area contributed by atoms with E-state index >= 15 is 0 Å². The molecule has 2 heterocycles. The summed E-state index contributed by atoms with van der Waals surface area (Å²) in [6.07, 6.45) is 3.05. The van der Waals surface area contributed by atoms with Crippen molar-refractivity contribution in [1.29, 1.82) is 0 Å². The molecule has 0 radical (unpaired) electrons. The van der Waals surface area contributed by atoms with E-state index in [0.717, 1.165) is 16.1 Å². The first kappa shape index (κ1) is 11.0. The fourth-order valence-corrected chi connectivity index (χ4v) is 2.14. The number of rotatable bonds is 3. The number of aliphatic hydroxyl groups excluding tert-OH is 1. The van der Waals surface area contributed by atoms with E-state index < -0.39 is 12.4 Å². The highest BCUT2D eigenvalue weighted by molar-refractivity contribution is 7.11. The van der Waals surface area contributed by atoms with Gasteiger partial charge in [-0.1, -0.05) is 6.07 Å². The lowest BCUT2D eigenvalue weighted by molar-refractivity contribution is 0.300. The van der Waals surface area contributed by atoms with Crippen molar-refractivity contribution in [3.8, 4) is 11.3 Å². The second kappa shape index (κ2) is 5.01. The first-order chi connectivity index (χ1) is 7.79. The van der Waals surface area contributed by atoms with Crippen molar-refractivity contribution < 1.29 is 9.50 Å². The molecule has 0 aliphatic rings. The number of thiophene rings is 1. The Morgan fingerprint density at radius 3 is 3.06 bits per heavy atom. The van der Waals surface area contributed by atoms with Crippen LogP contribution in [0.15, 0.2) is 41.7 Å². The molecule has 2 aromatic rings. The molecule has 16 heavy (non-hydrogen) atoms. The zero-order chi connectivity index (χ0) is 11.4. The Bertz CT molecular complexity index is 493. The SMILES string of the molecule is OC/C(F)=C/c1cc(-c2ccccn2)cs1. The lowest BCUT2D eigenvalue weighted by Crippen LogP contribution is -1.80. The second-order valence-corrected chi connectivity index (χ2v) is 4.14. The predicted octanol–water partition coefficient (Wildman–Crippen LogP) is 3.11. The van der Waals surface area contributed by atoms with E-state index in [2.05, 4.69) is 4.98 Å². The number of halogens is 1. The van der Waals surface area contributed by atoms with Crippen molar-refractivity contribution >= 4 is 17.4 Å². The van der Waals surface area contributed by atoms with Crippen LogP contribution in [0.2, 0.25) is 0 Å². The molecule has 0 spiro atoms. The molecular weight excluding hydrogens is 225 g/mol. The van der Waals surface area contributed by atoms with Gasteiger partial charge in [0.2, 0.25) is 0 Å². The Labute approximate surface area is 96.7 Å². The van der Waals surface area contributed by atoms with Crippen LogP contribution in [0, 0.1) is 0 Å². The predicted molar refractivity (Wildman–Crippen MR) is 63.7 cm³/mol. The van der Waals surface area contributed by atoms with Crippen LogP contribution in [0.25, 0.3) is 17.3 Å². The fourth-order valence-electron chi connectivity index (χ4n) is 1.30. The third kappa shape index (κ3) is 2.53. The summed E-state index contributed by atoms with van der Waals surface area (Å²) in [5, 5.41) is 10.5. The van der Waals surface area contributed by atoms with E-state index in [1.54, 1.807) is 6.20 Å². The Hall–Kier alpha value is -1.52. The van der Waals surface area contributed by atoms with E-state index in [4.69, 9.17) is 5.11 Å². The van der Waals surface area contributed by atoms with Crippen molar-refractivity contribution in [2.45, 2.75) is 0 Å². The van der Waals surface area contributed by atoms with Gasteiger partial charge in [-0.25, -0.2) is 4.39 Å². The lowest BCUT2D eigenvalue weighted by Gasteiger charge is -1.93. The van der Waals surface area contributed by atoms with Crippen LogP contribution in [0.5, 0.6) is 0 Å². The number of nitrogens with zero attached hydrogens (tertiary/aromatic N) is 1. The maximum atomic E-state index is 12.8. The normalized spacial score (nSPS) is 11.8. The fraction of sp³-hybridized carbons (Fsp3) is 0.0833. The van der Waals surface area contributed by atoms with Gasteiger partial charge in [-0.05, 0) is 24.3 Å². The summed E-state index contributed by atoms with van der Waals surface area (Å²) in [7, 11) is 0. The average Bonchev–Trinajstić information content (AvgIpc) is 2.78. The van der Waals surface area contributed by atoms with Gasteiger partial charge in [0.15, 0.2) is 0 Å². The van der Waals surface area contributed by atoms with Gasteiger partial charge in [-0.3, -0.25) is 4.98 Å². The highest BCUT2D eigenvalue weighted by Crippen LogP contribution is 2.25. The Morgan fingerprint density at radius 1 is 1.50 bits per heavy atom. The third-order valence-corrected chi connectivity index (χ3v) is 2.91. The molecule has 0 unspecified atom stereocenters. The third-order valence-electron chi connectivity index (χ3n) is 2.03. The summed E-state index contributed by atoms with van der Waals surface area (Å²) in [6.45, 7) is -0.559. The first-order valence-electron chi connectivity index (χ1n) is 4.76. The second-order valence-electron chi connectivity index (χ2n) is 3.20. The molecule has 2 rings (SSSR count). The molecule has 0 saturated carbocycles. The largest absolute Gasteiger partial charge is 0.389 e. The van der Waals surface area contributed by atoms with Crippen LogP contribution in [0.1, 0.15) is 4.88 Å². The van der Waals surface area contributed by atoms with Crippen molar-refractivity contribution in [3.05, 3.63) is 46.5 Å². The van der Waals surface area contributed by atoms with E-state index in [1.807, 2.05) is 29.6 Å². The minimum absolute atomic E-state index is 0.533. The highest BCUT2D eigenvalue weighted by atomic mass is 32.1. The van der Waals surface area contributed by atoms with Crippen molar-refractivity contribution in [2.75, 3.05) is 6.61 Å². The molecule has 0 saturated heterocycles. The van der Waals surface area contributed by atoms with Gasteiger partial charge in [0.25, 0.3) is 0 Å². The standard InChI is InChI=1S/C12H10FNOS/c13-10(7-15)6-11-5-9(8-16-11)12-3-1-2-4-14-12/h1-6,8,15H,7H2/b10-6-. The number of hydrogen-bond donors (Lipinski definition) is 1. The minimum atomic E-state index is -0.559. The molecule has 2 nitrogen and oxygen atoms in total. The van der Waals surface area contributed by atoms with Gasteiger partial charge >= 0.3 is 0 Å². The zero-order valence-corrected chi connectivity index (χ0v) is 9.25. The van der Waals surface area contributed by atoms with Crippen LogP contribution in [0.3, 0.4) is 0 Å². The molecular formula is C12H10FNOS. The number of pyridine rings is 1. The van der Waals surface area contributed by atoms with Crippen LogP contribution in [-0.2, 0) is 0 Å². The molecule has 0 aliphatic carbocycles. The molecule has 0 atom stereocenters. The molecule has 0 aromatic carbocycles. The van der Waals surface area contributed by atoms with E-state index in [9.17, 15) is 4.39 Å². The monoisotopic (exact) mass is 235 g/mol. The Kier molecular flexibility index (Phi) is 3.44. The smallest absolute Gasteiger partial charge is 0.127 e. The topological polar surface area (TPSA) is 33.1 Å². The summed E-state index contributed by atoms with van der Waals surface area (Å²) in [5.74, 6) is -0.533. The molecule has 0 amide bonds. The quantitative estimate of drug-likeness (QED) is 0.886. The zero-order valence-electron chi connectivity index (χ0n) is 8.43. The Morgan fingerprint density at radius 2 is 2.38 bits per heavy atom. The van der Waals surface area contributed by atoms with Gasteiger partial charge in [0.1, 0.15) is 5.83 Å². The van der Waals surface area contributed by atoms with Gasteiger partial charge in [-0.2, -0.15) is 0 Å². The maximum Gasteiger partial charge on any atom is 0.127 e. The molecule has 0 fully saturated rings. The number of aliphatic hydroxyl groups is 1. The average molecular weight is 235 g/mol. The van der Waals surface area contributed by atoms with Crippen LogP contribution in [-0.4, -0.2) is 16.7 Å². The molecule has 2 aromatic heterocycles. The van der Waals surface area contributed by atoms with E-state index in [0.29, 0.717) is 0 Å². The van der Waals surface area contributed by atoms with Gasteiger partial charge < -0.3 is 5.11 Å². The Balaban J connectivity index is 2.27. The van der Waals surface area contributed by atoms with Gasteiger partial charge in [-0.15, -0.1) is 11.3 Å². The summed E-state index contributed by atoms with van der Waals surface area (Å²) in [4.78, 5) is 4.98. The van der Waals surface area contributed by atoms with Gasteiger partial charge in [0.05, 0.1) is 12.3 Å². The van der Waals surface area contributed by atoms with Crippen molar-refractivity contribution in [1.82, 2.24) is 4.98 Å². The van der Waals surface area contributed by atoms with Crippen molar-refractivity contribution in [3.63, 3.8) is 0 Å². The summed E-state index contributed by atoms with van der Waals surface area (Å²) in [6, 6.07) is 7.51. The van der Waals surface area contributed by atoms with Crippen LogP contribution >= 0.6 is 11.3 Å². The minimum Gasteiger partial charge on any atom is -0.389 e. The van der Waals surface area contributed by atoms with E-state index in [-0.39, 0.29) is 0 Å². The summed E-state index contributed by atoms with van der Waals surface area (Å²) < 4.78 is 12.8. The summed E-state index contributed by atoms with van der Waals surface area (Å²) >= 11 is 1.42. The van der Waals surface area contributed by atoms with Crippen LogP contribution < -0.4 is 0 Å².